The minimum Gasteiger partial charge on any atom is -0.508 e. The number of primary amides is 1. The summed E-state index contributed by atoms with van der Waals surface area (Å²) in [5, 5.41) is 47.6. The van der Waals surface area contributed by atoms with Crippen molar-refractivity contribution in [2.45, 2.75) is 387 Å². The Bertz CT molecular complexity index is 3360. The van der Waals surface area contributed by atoms with Crippen LogP contribution in [0.3, 0.4) is 0 Å². The van der Waals surface area contributed by atoms with Crippen LogP contribution in [0.5, 0.6) is 5.75 Å². The van der Waals surface area contributed by atoms with Gasteiger partial charge >= 0.3 is 0 Å². The van der Waals surface area contributed by atoms with E-state index in [1.54, 1.807) is 12.1 Å². The van der Waals surface area contributed by atoms with Gasteiger partial charge in [-0.2, -0.15) is 0 Å². The van der Waals surface area contributed by atoms with E-state index in [4.69, 9.17) is 28.7 Å². The zero-order valence-electron chi connectivity index (χ0n) is 77.1. The number of benzene rings is 1. The van der Waals surface area contributed by atoms with Gasteiger partial charge in [-0.25, -0.2) is 0 Å². The molecule has 0 spiro atoms. The van der Waals surface area contributed by atoms with Crippen LogP contribution in [0, 0.1) is 29.6 Å². The van der Waals surface area contributed by atoms with Crippen LogP contribution in [0.25, 0.3) is 0 Å². The molecule has 0 unspecified atom stereocenters. The summed E-state index contributed by atoms with van der Waals surface area (Å²) in [5.74, 6) is -10.5. The van der Waals surface area contributed by atoms with Gasteiger partial charge < -0.3 is 103 Å². The highest BCUT2D eigenvalue weighted by Gasteiger charge is 2.47. The van der Waals surface area contributed by atoms with Crippen LogP contribution < -0.4 is 97.8 Å². The number of rotatable bonds is 66. The Balaban J connectivity index is 3.93. The van der Waals surface area contributed by atoms with Gasteiger partial charge in [0.15, 0.2) is 0 Å². The minimum absolute atomic E-state index is 0.00649. The summed E-state index contributed by atoms with van der Waals surface area (Å²) in [6, 6.07) is -6.03. The first kappa shape index (κ1) is 111. The summed E-state index contributed by atoms with van der Waals surface area (Å²) in [4.78, 5) is 204. The zero-order valence-corrected chi connectivity index (χ0v) is 77.1. The van der Waals surface area contributed by atoms with E-state index in [0.29, 0.717) is 109 Å². The van der Waals surface area contributed by atoms with Crippen molar-refractivity contribution in [3.63, 3.8) is 0 Å². The van der Waals surface area contributed by atoms with Crippen molar-refractivity contribution >= 4 is 82.7 Å². The minimum atomic E-state index is -1.67. The number of unbranched alkanes of at least 4 members (excludes halogenated alkanes) is 4. The average molecular weight is 1720 g/mol. The molecule has 1 rings (SSSR count). The second-order valence-electron chi connectivity index (χ2n) is 35.5. The molecule has 0 fully saturated rings. The van der Waals surface area contributed by atoms with Crippen molar-refractivity contribution in [1.29, 1.82) is 0 Å². The molecule has 24 N–H and O–H groups in total. The third-order valence-corrected chi connectivity index (χ3v) is 21.5. The van der Waals surface area contributed by atoms with Crippen LogP contribution in [0.2, 0.25) is 0 Å². The summed E-state index contributed by atoms with van der Waals surface area (Å²) < 4.78 is 0. The van der Waals surface area contributed by atoms with E-state index >= 15 is 38.4 Å². The van der Waals surface area contributed by atoms with Crippen molar-refractivity contribution in [3.05, 3.63) is 29.8 Å². The van der Waals surface area contributed by atoms with Gasteiger partial charge in [0, 0.05) is 13.3 Å². The SMILES string of the molecule is CCCC(CCC)(NC(=O)[C@H](CCCCN)NC(=O)[C@H](CC(C)C)NC(=O)C(CCC)(CCC)NC(=O)[C@H](CC(C)C)NC(=O)[C@H](CCCCN)NC(=O)[C@H](CC(C)C)NC(=O)C(CCC)(CCC)NC(=O)[C@H](CC(C)C)NC(=O)[C@H](CCCCN)NC(=O)[C@H](Cc1ccc(O)cc1)NC(C)=O)C(=O)N[C@@H](CC(C)C)C(=O)N[C@@H](CCCCN)C(N)=O. The Morgan fingerprint density at radius 1 is 0.303 bits per heavy atom. The molecule has 0 bridgehead atoms. The highest BCUT2D eigenvalue weighted by Crippen LogP contribution is 2.28. The lowest BCUT2D eigenvalue weighted by Gasteiger charge is -2.37. The molecule has 0 saturated carbocycles. The maximum Gasteiger partial charge on any atom is 0.246 e. The summed E-state index contributed by atoms with van der Waals surface area (Å²) in [7, 11) is 0. The van der Waals surface area contributed by atoms with Crippen LogP contribution in [-0.2, 0) is 73.5 Å². The van der Waals surface area contributed by atoms with Crippen molar-refractivity contribution in [2.24, 2.45) is 58.3 Å². The fourth-order valence-corrected chi connectivity index (χ4v) is 15.6. The molecule has 33 nitrogen and oxygen atoms in total. The number of amides is 14. The summed E-state index contributed by atoms with van der Waals surface area (Å²) in [6.07, 6.45) is 7.72. The molecule has 698 valence electrons. The molecule has 0 heterocycles. The zero-order chi connectivity index (χ0) is 92.5. The molecule has 0 radical (unpaired) electrons. The highest BCUT2D eigenvalue weighted by molar-refractivity contribution is 6.02. The Morgan fingerprint density at radius 2 is 0.525 bits per heavy atom. The smallest absolute Gasteiger partial charge is 0.246 e. The molecule has 1 aromatic rings. The lowest BCUT2D eigenvalue weighted by Crippen LogP contribution is -2.66. The van der Waals surface area contributed by atoms with Crippen LogP contribution in [0.4, 0.5) is 0 Å². The van der Waals surface area contributed by atoms with Crippen molar-refractivity contribution in [2.75, 3.05) is 26.2 Å². The van der Waals surface area contributed by atoms with Crippen LogP contribution in [0.15, 0.2) is 24.3 Å². The third kappa shape index (κ3) is 40.8. The highest BCUT2D eigenvalue weighted by atomic mass is 16.3. The van der Waals surface area contributed by atoms with Crippen molar-refractivity contribution in [3.8, 4) is 5.75 Å². The van der Waals surface area contributed by atoms with Gasteiger partial charge in [-0.3, -0.25) is 67.1 Å². The molecule has 14 amide bonds. The normalized spacial score (nSPS) is 14.3. The van der Waals surface area contributed by atoms with Gasteiger partial charge in [0.2, 0.25) is 82.7 Å². The van der Waals surface area contributed by atoms with Crippen molar-refractivity contribution < 1.29 is 72.2 Å². The average Bonchev–Trinajstić information content (AvgIpc) is 0.814. The molecule has 0 saturated heterocycles. The number of aromatic hydroxyl groups is 1. The number of nitrogens with two attached hydrogens (primary N) is 5. The lowest BCUT2D eigenvalue weighted by atomic mass is 9.85. The monoisotopic (exact) mass is 1720 g/mol. The van der Waals surface area contributed by atoms with Gasteiger partial charge in [-0.05, 0) is 221 Å². The molecule has 0 aromatic heterocycles. The molecule has 10 atom stereocenters. The molecule has 122 heavy (non-hydrogen) atoms. The van der Waals surface area contributed by atoms with E-state index in [-0.39, 0.29) is 151 Å². The number of carbonyl (C=O) groups is 14. The maximum absolute atomic E-state index is 15.5. The largest absolute Gasteiger partial charge is 0.508 e. The van der Waals surface area contributed by atoms with Crippen LogP contribution >= 0.6 is 0 Å². The second-order valence-corrected chi connectivity index (χ2v) is 35.5. The van der Waals surface area contributed by atoms with Gasteiger partial charge in [0.05, 0.1) is 0 Å². The first-order valence-electron chi connectivity index (χ1n) is 45.5. The molecule has 33 heteroatoms. The van der Waals surface area contributed by atoms with E-state index < -0.39 is 160 Å². The summed E-state index contributed by atoms with van der Waals surface area (Å²) in [6.45, 7) is 32.1. The fourth-order valence-electron chi connectivity index (χ4n) is 15.6. The quantitative estimate of drug-likeness (QED) is 0.0363. The Labute approximate surface area is 728 Å². The first-order chi connectivity index (χ1) is 57.6. The molecule has 0 aliphatic carbocycles. The number of carbonyl (C=O) groups excluding carboxylic acids is 14. The van der Waals surface area contributed by atoms with E-state index in [1.807, 2.05) is 111 Å². The number of nitrogens with one attached hydrogen (secondary N) is 13. The summed E-state index contributed by atoms with van der Waals surface area (Å²) in [5.41, 5.74) is 24.9. The van der Waals surface area contributed by atoms with Crippen LogP contribution in [0.1, 0.15) is 309 Å². The predicted molar refractivity (Wildman–Crippen MR) is 477 cm³/mol. The second kappa shape index (κ2) is 59.3. The Hall–Kier alpha value is -8.56. The standard InChI is InChI=1S/C89H162N18O15/c1-18-40-87(41-19-2,84(120)102-68(50-56(7)8)77(113)96-64(74(94)110)32-24-28-46-90)105-81(117)67(35-27-31-49-93)99-79(115)70(52-58(11)12)104-86(122)89(44-22-5,45-23-6)107-82(118)71(53-59(13)14)100-75(111)65(33-25-29-47-91)97-78(114)69(51-57(9)10)103-85(121)88(42-20-3,43-21-4)106-83(119)72(54-60(15)16)101-76(112)66(34-26-30-48-92)98-80(116)73(95-61(17)108)55-62-36-38-63(109)39-37-62/h36-39,56-60,64-73,109H,18-35,40-55,90-93H2,1-17H3,(H2,94,110)(H,95,108)(H,96,113)(H,97,114)(H,98,116)(H,99,115)(H,100,111)(H,101,112)(H,102,120)(H,103,121)(H,104,122)(H,105,117)(H,106,119)(H,107,118)/t64-,65-,66-,67-,68-,69-,70-,71-,72-,73-/m0/s1. The molecular formula is C89H162N18O15. The molecule has 1 aromatic carbocycles. The Morgan fingerprint density at radius 3 is 0.770 bits per heavy atom. The first-order valence-corrected chi connectivity index (χ1v) is 45.5. The van der Waals surface area contributed by atoms with Gasteiger partial charge in [-0.15, -0.1) is 0 Å². The van der Waals surface area contributed by atoms with E-state index in [9.17, 15) is 33.9 Å². The fraction of sp³-hybridized carbons (Fsp3) is 0.775. The third-order valence-electron chi connectivity index (χ3n) is 21.5. The van der Waals surface area contributed by atoms with Gasteiger partial charge in [0.1, 0.15) is 82.8 Å². The number of phenolic OH excluding ortho intramolecular Hbond substituents is 1. The van der Waals surface area contributed by atoms with Crippen LogP contribution in [-0.4, -0.2) is 191 Å². The molecule has 0 aliphatic heterocycles. The summed E-state index contributed by atoms with van der Waals surface area (Å²) >= 11 is 0. The lowest BCUT2D eigenvalue weighted by molar-refractivity contribution is -0.140. The number of hydrogen-bond acceptors (Lipinski definition) is 19. The van der Waals surface area contributed by atoms with E-state index in [0.717, 1.165) is 0 Å². The number of hydrogen-bond donors (Lipinski definition) is 19. The van der Waals surface area contributed by atoms with E-state index in [1.165, 1.54) is 19.1 Å². The van der Waals surface area contributed by atoms with Gasteiger partial charge in [0.25, 0.3) is 0 Å². The molecular weight excluding hydrogens is 1560 g/mol. The van der Waals surface area contributed by atoms with Crippen molar-refractivity contribution in [1.82, 2.24) is 69.1 Å². The predicted octanol–water partition coefficient (Wildman–Crippen LogP) is 5.40. The topological polar surface area (TPSA) is 546 Å². The van der Waals surface area contributed by atoms with E-state index in [2.05, 4.69) is 69.1 Å². The van der Waals surface area contributed by atoms with Gasteiger partial charge in [-0.1, -0.05) is 161 Å². The Kier molecular flexibility index (Phi) is 54.2. The molecule has 0 aliphatic rings. The maximum atomic E-state index is 15.5. The number of phenols is 1.